The van der Waals surface area contributed by atoms with Crippen LogP contribution in [0.2, 0.25) is 0 Å². The zero-order valence-corrected chi connectivity index (χ0v) is 24.8. The van der Waals surface area contributed by atoms with Crippen molar-refractivity contribution in [3.8, 4) is 34.0 Å². The summed E-state index contributed by atoms with van der Waals surface area (Å²) in [6.45, 7) is 0. The first kappa shape index (κ1) is 25.8. The highest BCUT2D eigenvalue weighted by molar-refractivity contribution is 7.89. The molecule has 8 aromatic rings. The predicted octanol–water partition coefficient (Wildman–Crippen LogP) is 9.32. The summed E-state index contributed by atoms with van der Waals surface area (Å²) < 4.78 is 35.4. The van der Waals surface area contributed by atoms with Gasteiger partial charge in [0, 0.05) is 32.8 Å². The van der Waals surface area contributed by atoms with Gasteiger partial charge < -0.3 is 8.98 Å². The Balaban J connectivity index is 1.25. The summed E-state index contributed by atoms with van der Waals surface area (Å²) in [5, 5.41) is 13.7. The molecule has 3 heterocycles. The lowest BCUT2D eigenvalue weighted by Gasteiger charge is -2.15. The third-order valence-corrected chi connectivity index (χ3v) is 10.5. The number of hydrogen-bond acceptors (Lipinski definition) is 4. The molecular formula is C39H24N2O3S. The van der Waals surface area contributed by atoms with Gasteiger partial charge in [-0.3, -0.25) is 0 Å². The Labute approximate surface area is 259 Å². The van der Waals surface area contributed by atoms with Crippen LogP contribution in [0.3, 0.4) is 0 Å². The first-order chi connectivity index (χ1) is 22.0. The highest BCUT2D eigenvalue weighted by atomic mass is 32.2. The highest BCUT2D eigenvalue weighted by Gasteiger charge is 2.26. The second kappa shape index (κ2) is 9.43. The minimum Gasteiger partial charge on any atom is -0.455 e. The van der Waals surface area contributed by atoms with Crippen LogP contribution in [0.4, 0.5) is 0 Å². The third kappa shape index (κ3) is 3.95. The standard InChI is InChI=1S/C39H24N2O3S/c40-21-24-12-17-37-35(18-24)31-6-1-3-10-36(31)41(37)28-15-13-26-22-45(42,43)23-27-19-25(14-16-29(27)34(26)20-28)30-8-5-9-33-32-7-2-4-11-38(32)44-39(30)33/h1-20H,22-23H2. The number of fused-ring (bicyclic) bond motifs is 9. The summed E-state index contributed by atoms with van der Waals surface area (Å²) >= 11 is 0. The van der Waals surface area contributed by atoms with Gasteiger partial charge in [-0.25, -0.2) is 8.42 Å². The Hall–Kier alpha value is -5.64. The molecule has 9 rings (SSSR count). The Kier molecular flexibility index (Phi) is 5.41. The van der Waals surface area contributed by atoms with Gasteiger partial charge in [0.05, 0.1) is 34.2 Å². The van der Waals surface area contributed by atoms with Gasteiger partial charge in [-0.05, 0) is 76.3 Å². The monoisotopic (exact) mass is 600 g/mol. The first-order valence-electron chi connectivity index (χ1n) is 14.8. The molecular weight excluding hydrogens is 577 g/mol. The van der Waals surface area contributed by atoms with Crippen molar-refractivity contribution in [2.45, 2.75) is 11.5 Å². The second-order valence-electron chi connectivity index (χ2n) is 11.7. The molecule has 0 fully saturated rings. The van der Waals surface area contributed by atoms with Gasteiger partial charge >= 0.3 is 0 Å². The molecule has 0 saturated heterocycles. The van der Waals surface area contributed by atoms with Crippen molar-refractivity contribution < 1.29 is 12.8 Å². The number of furan rings is 1. The van der Waals surface area contributed by atoms with Crippen molar-refractivity contribution in [3.63, 3.8) is 0 Å². The lowest BCUT2D eigenvalue weighted by atomic mass is 9.92. The van der Waals surface area contributed by atoms with Crippen LogP contribution in [-0.4, -0.2) is 13.0 Å². The van der Waals surface area contributed by atoms with Crippen LogP contribution >= 0.6 is 0 Å². The molecule has 0 spiro atoms. The van der Waals surface area contributed by atoms with E-state index >= 15 is 0 Å². The van der Waals surface area contributed by atoms with Crippen molar-refractivity contribution in [1.29, 1.82) is 5.26 Å². The minimum absolute atomic E-state index is 0.0233. The molecule has 5 nitrogen and oxygen atoms in total. The maximum atomic E-state index is 13.4. The SMILES string of the molecule is N#Cc1ccc2c(c1)c1ccccc1n2-c1ccc2c(c1)-c1ccc(-c3cccc4c3oc3ccccc34)cc1CS(=O)(=O)C2. The summed E-state index contributed by atoms with van der Waals surface area (Å²) in [6, 6.07) is 42.5. The van der Waals surface area contributed by atoms with E-state index in [9.17, 15) is 13.7 Å². The van der Waals surface area contributed by atoms with E-state index in [-0.39, 0.29) is 11.5 Å². The van der Waals surface area contributed by atoms with Crippen LogP contribution in [0.1, 0.15) is 16.7 Å². The number of para-hydroxylation sites is 3. The number of hydrogen-bond donors (Lipinski definition) is 0. The maximum absolute atomic E-state index is 13.4. The van der Waals surface area contributed by atoms with Crippen molar-refractivity contribution in [2.24, 2.45) is 0 Å². The van der Waals surface area contributed by atoms with Gasteiger partial charge in [-0.15, -0.1) is 0 Å². The lowest BCUT2D eigenvalue weighted by molar-refractivity contribution is 0.595. The molecule has 1 aliphatic heterocycles. The van der Waals surface area contributed by atoms with E-state index in [1.165, 1.54) is 0 Å². The van der Waals surface area contributed by atoms with Crippen LogP contribution in [0, 0.1) is 11.3 Å². The van der Waals surface area contributed by atoms with E-state index in [4.69, 9.17) is 4.42 Å². The minimum atomic E-state index is -3.41. The van der Waals surface area contributed by atoms with Gasteiger partial charge in [0.25, 0.3) is 0 Å². The molecule has 0 unspecified atom stereocenters. The molecule has 0 bridgehead atoms. The summed E-state index contributed by atoms with van der Waals surface area (Å²) in [5.41, 5.74) is 10.4. The summed E-state index contributed by atoms with van der Waals surface area (Å²) in [5.74, 6) is -0.0624. The van der Waals surface area contributed by atoms with Gasteiger partial charge in [0.2, 0.25) is 0 Å². The first-order valence-corrected chi connectivity index (χ1v) is 16.6. The second-order valence-corrected chi connectivity index (χ2v) is 13.8. The number of benzene rings is 6. The van der Waals surface area contributed by atoms with Crippen LogP contribution in [0.15, 0.2) is 126 Å². The molecule has 0 saturated carbocycles. The molecule has 45 heavy (non-hydrogen) atoms. The molecule has 0 radical (unpaired) electrons. The number of sulfone groups is 1. The fourth-order valence-electron chi connectivity index (χ4n) is 7.04. The molecule has 2 aromatic heterocycles. The zero-order chi connectivity index (χ0) is 30.3. The Bertz CT molecular complexity index is 2690. The average Bonchev–Trinajstić information content (AvgIpc) is 3.57. The van der Waals surface area contributed by atoms with Crippen LogP contribution < -0.4 is 0 Å². The van der Waals surface area contributed by atoms with Gasteiger partial charge in [0.1, 0.15) is 11.2 Å². The van der Waals surface area contributed by atoms with E-state index in [0.29, 0.717) is 5.56 Å². The largest absolute Gasteiger partial charge is 0.455 e. The molecule has 0 N–H and O–H groups in total. The number of nitrogens with zero attached hydrogens (tertiary/aromatic N) is 2. The molecule has 0 atom stereocenters. The fourth-order valence-corrected chi connectivity index (χ4v) is 8.58. The van der Waals surface area contributed by atoms with Crippen LogP contribution in [0.25, 0.3) is 71.7 Å². The van der Waals surface area contributed by atoms with Crippen molar-refractivity contribution >= 4 is 53.6 Å². The molecule has 0 amide bonds. The highest BCUT2D eigenvalue weighted by Crippen LogP contribution is 2.41. The summed E-state index contributed by atoms with van der Waals surface area (Å²) in [7, 11) is -3.41. The number of nitriles is 1. The van der Waals surface area contributed by atoms with E-state index in [1.807, 2.05) is 78.9 Å². The Morgan fingerprint density at radius 3 is 2.29 bits per heavy atom. The smallest absolute Gasteiger partial charge is 0.158 e. The fraction of sp³-hybridized carbons (Fsp3) is 0.0513. The summed E-state index contributed by atoms with van der Waals surface area (Å²) in [6.07, 6.45) is 0. The van der Waals surface area contributed by atoms with Crippen LogP contribution in [0.5, 0.6) is 0 Å². The predicted molar refractivity (Wildman–Crippen MR) is 180 cm³/mol. The van der Waals surface area contributed by atoms with Gasteiger partial charge in [0.15, 0.2) is 9.84 Å². The van der Waals surface area contributed by atoms with E-state index in [1.54, 1.807) is 0 Å². The van der Waals surface area contributed by atoms with Crippen molar-refractivity contribution in [3.05, 3.63) is 138 Å². The van der Waals surface area contributed by atoms with Gasteiger partial charge in [-0.2, -0.15) is 5.26 Å². The average molecular weight is 601 g/mol. The number of rotatable bonds is 2. The Morgan fingerprint density at radius 1 is 0.622 bits per heavy atom. The molecule has 1 aliphatic rings. The summed E-state index contributed by atoms with van der Waals surface area (Å²) in [4.78, 5) is 0. The van der Waals surface area contributed by atoms with E-state index < -0.39 is 9.84 Å². The molecule has 6 heteroatoms. The van der Waals surface area contributed by atoms with Crippen molar-refractivity contribution in [2.75, 3.05) is 0 Å². The normalized spacial score (nSPS) is 13.9. The molecule has 214 valence electrons. The maximum Gasteiger partial charge on any atom is 0.158 e. The van der Waals surface area contributed by atoms with Crippen molar-refractivity contribution in [1.82, 2.24) is 4.57 Å². The zero-order valence-electron chi connectivity index (χ0n) is 24.0. The van der Waals surface area contributed by atoms with E-state index in [2.05, 4.69) is 53.1 Å². The van der Waals surface area contributed by atoms with Crippen LogP contribution in [-0.2, 0) is 21.3 Å². The third-order valence-electron chi connectivity index (χ3n) is 9.01. The topological polar surface area (TPSA) is 76.0 Å². The molecule has 6 aromatic carbocycles. The lowest BCUT2D eigenvalue weighted by Crippen LogP contribution is -2.05. The number of aromatic nitrogens is 1. The quantitative estimate of drug-likeness (QED) is 0.198. The van der Waals surface area contributed by atoms with E-state index in [0.717, 1.165) is 82.8 Å². The van der Waals surface area contributed by atoms with Gasteiger partial charge in [-0.1, -0.05) is 72.8 Å². The Morgan fingerprint density at radius 2 is 1.40 bits per heavy atom. The molecule has 0 aliphatic carbocycles.